The molecule has 0 aliphatic heterocycles. The molecule has 2 N–H and O–H groups in total. The van der Waals surface area contributed by atoms with Gasteiger partial charge >= 0.3 is 0 Å². The first-order valence-corrected chi connectivity index (χ1v) is 5.80. The van der Waals surface area contributed by atoms with E-state index in [9.17, 15) is 4.79 Å². The Labute approximate surface area is 102 Å². The zero-order chi connectivity index (χ0) is 12.7. The van der Waals surface area contributed by atoms with Crippen LogP contribution < -0.4 is 5.32 Å². The molecular formula is C13H20N2O2. The Morgan fingerprint density at radius 2 is 2.29 bits per heavy atom. The smallest absolute Gasteiger partial charge is 0.220 e. The van der Waals surface area contributed by atoms with Crippen molar-refractivity contribution in [3.05, 3.63) is 30.1 Å². The molecule has 1 heterocycles. The molecule has 17 heavy (non-hydrogen) atoms. The van der Waals surface area contributed by atoms with E-state index in [2.05, 4.69) is 10.3 Å². The summed E-state index contributed by atoms with van der Waals surface area (Å²) in [5.74, 6) is 0.00961. The number of hydrogen-bond donors (Lipinski definition) is 2. The van der Waals surface area contributed by atoms with Gasteiger partial charge in [0.05, 0.1) is 0 Å². The van der Waals surface area contributed by atoms with Gasteiger partial charge in [-0.2, -0.15) is 0 Å². The Bertz CT molecular complexity index is 350. The Kier molecular flexibility index (Phi) is 5.10. The molecule has 0 unspecified atom stereocenters. The molecule has 0 saturated carbocycles. The van der Waals surface area contributed by atoms with Gasteiger partial charge in [0.2, 0.25) is 5.91 Å². The highest BCUT2D eigenvalue weighted by molar-refractivity contribution is 5.76. The maximum absolute atomic E-state index is 11.6. The van der Waals surface area contributed by atoms with E-state index in [1.807, 2.05) is 26.0 Å². The second-order valence-corrected chi connectivity index (χ2v) is 4.96. The third-order valence-electron chi connectivity index (χ3n) is 2.56. The molecule has 0 aliphatic carbocycles. The molecule has 0 aliphatic rings. The third kappa shape index (κ3) is 5.45. The lowest BCUT2D eigenvalue weighted by Gasteiger charge is -2.21. The first-order valence-electron chi connectivity index (χ1n) is 5.80. The van der Waals surface area contributed by atoms with Crippen LogP contribution in [-0.4, -0.2) is 29.1 Å². The van der Waals surface area contributed by atoms with Crippen molar-refractivity contribution in [3.63, 3.8) is 0 Å². The van der Waals surface area contributed by atoms with Gasteiger partial charge in [0.15, 0.2) is 0 Å². The summed E-state index contributed by atoms with van der Waals surface area (Å²) in [7, 11) is 0. The lowest BCUT2D eigenvalue weighted by atomic mass is 9.95. The van der Waals surface area contributed by atoms with E-state index < -0.39 is 0 Å². The molecule has 0 radical (unpaired) electrons. The maximum Gasteiger partial charge on any atom is 0.220 e. The van der Waals surface area contributed by atoms with Crippen LogP contribution in [0.25, 0.3) is 0 Å². The highest BCUT2D eigenvalue weighted by Gasteiger charge is 2.17. The number of aliphatic hydroxyl groups is 1. The van der Waals surface area contributed by atoms with Gasteiger partial charge in [-0.25, -0.2) is 0 Å². The van der Waals surface area contributed by atoms with Gasteiger partial charge in [0.25, 0.3) is 0 Å². The Morgan fingerprint density at radius 1 is 1.53 bits per heavy atom. The van der Waals surface area contributed by atoms with Crippen LogP contribution in [0.1, 0.15) is 25.8 Å². The summed E-state index contributed by atoms with van der Waals surface area (Å²) in [6.45, 7) is 4.38. The minimum Gasteiger partial charge on any atom is -0.396 e. The number of aryl methyl sites for hydroxylation is 1. The van der Waals surface area contributed by atoms with Crippen molar-refractivity contribution in [3.8, 4) is 0 Å². The monoisotopic (exact) mass is 236 g/mol. The van der Waals surface area contributed by atoms with Gasteiger partial charge in [-0.1, -0.05) is 19.9 Å². The fourth-order valence-corrected chi connectivity index (χ4v) is 1.29. The Morgan fingerprint density at radius 3 is 2.88 bits per heavy atom. The average Bonchev–Trinajstić information content (AvgIpc) is 2.35. The van der Waals surface area contributed by atoms with Crippen LogP contribution >= 0.6 is 0 Å². The van der Waals surface area contributed by atoms with E-state index in [4.69, 9.17) is 5.11 Å². The molecular weight excluding hydrogens is 216 g/mol. The van der Waals surface area contributed by atoms with E-state index in [1.165, 1.54) is 0 Å². The first-order chi connectivity index (χ1) is 8.03. The van der Waals surface area contributed by atoms with Crippen LogP contribution in [0.5, 0.6) is 0 Å². The van der Waals surface area contributed by atoms with Gasteiger partial charge in [-0.3, -0.25) is 9.78 Å². The van der Waals surface area contributed by atoms with Crippen molar-refractivity contribution in [1.29, 1.82) is 0 Å². The van der Waals surface area contributed by atoms with Crippen molar-refractivity contribution >= 4 is 5.91 Å². The van der Waals surface area contributed by atoms with Crippen molar-refractivity contribution in [1.82, 2.24) is 10.3 Å². The lowest BCUT2D eigenvalue weighted by molar-refractivity contribution is -0.121. The Hall–Kier alpha value is -1.42. The summed E-state index contributed by atoms with van der Waals surface area (Å²) in [6, 6.07) is 3.82. The molecule has 4 heteroatoms. The molecule has 0 fully saturated rings. The summed E-state index contributed by atoms with van der Waals surface area (Å²) in [6.07, 6.45) is 4.63. The molecule has 1 amide bonds. The SMILES string of the molecule is CC(C)(CO)CNC(=O)CCc1cccnc1. The minimum absolute atomic E-state index is 0.00961. The average molecular weight is 236 g/mol. The van der Waals surface area contributed by atoms with Gasteiger partial charge in [-0.15, -0.1) is 0 Å². The number of aromatic nitrogens is 1. The highest BCUT2D eigenvalue weighted by Crippen LogP contribution is 2.11. The molecule has 0 saturated heterocycles. The molecule has 94 valence electrons. The number of aliphatic hydroxyl groups excluding tert-OH is 1. The number of rotatable bonds is 6. The number of carbonyl (C=O) groups is 1. The van der Waals surface area contributed by atoms with Gasteiger partial charge in [-0.05, 0) is 18.1 Å². The van der Waals surface area contributed by atoms with E-state index >= 15 is 0 Å². The van der Waals surface area contributed by atoms with Crippen molar-refractivity contribution < 1.29 is 9.90 Å². The predicted molar refractivity (Wildman–Crippen MR) is 66.4 cm³/mol. The summed E-state index contributed by atoms with van der Waals surface area (Å²) in [5.41, 5.74) is 0.799. The zero-order valence-corrected chi connectivity index (χ0v) is 10.4. The van der Waals surface area contributed by atoms with Crippen LogP contribution in [0.4, 0.5) is 0 Å². The van der Waals surface area contributed by atoms with Crippen molar-refractivity contribution in [2.45, 2.75) is 26.7 Å². The van der Waals surface area contributed by atoms with E-state index in [0.29, 0.717) is 19.4 Å². The summed E-state index contributed by atoms with van der Waals surface area (Å²) in [5, 5.41) is 11.9. The number of hydrogen-bond acceptors (Lipinski definition) is 3. The number of nitrogens with one attached hydrogen (secondary N) is 1. The van der Waals surface area contributed by atoms with Crippen molar-refractivity contribution in [2.24, 2.45) is 5.41 Å². The minimum atomic E-state index is -0.260. The predicted octanol–water partition coefficient (Wildman–Crippen LogP) is 1.15. The van der Waals surface area contributed by atoms with Gasteiger partial charge in [0.1, 0.15) is 0 Å². The van der Waals surface area contributed by atoms with Crippen LogP contribution in [0, 0.1) is 5.41 Å². The topological polar surface area (TPSA) is 62.2 Å². The molecule has 1 aromatic heterocycles. The van der Waals surface area contributed by atoms with Crippen LogP contribution in [0.2, 0.25) is 0 Å². The van der Waals surface area contributed by atoms with E-state index in [-0.39, 0.29) is 17.9 Å². The number of pyridine rings is 1. The molecule has 0 atom stereocenters. The molecule has 4 nitrogen and oxygen atoms in total. The maximum atomic E-state index is 11.6. The number of nitrogens with zero attached hydrogens (tertiary/aromatic N) is 1. The molecule has 1 aromatic rings. The molecule has 0 aromatic carbocycles. The molecule has 1 rings (SSSR count). The van der Waals surface area contributed by atoms with Crippen molar-refractivity contribution in [2.75, 3.05) is 13.2 Å². The number of carbonyl (C=O) groups excluding carboxylic acids is 1. The Balaban J connectivity index is 2.27. The highest BCUT2D eigenvalue weighted by atomic mass is 16.3. The summed E-state index contributed by atoms with van der Waals surface area (Å²) >= 11 is 0. The van der Waals surface area contributed by atoms with Gasteiger partial charge < -0.3 is 10.4 Å². The normalized spacial score (nSPS) is 11.2. The standard InChI is InChI=1S/C13H20N2O2/c1-13(2,10-16)9-15-12(17)6-5-11-4-3-7-14-8-11/h3-4,7-8,16H,5-6,9-10H2,1-2H3,(H,15,17). The molecule has 0 bridgehead atoms. The fraction of sp³-hybridized carbons (Fsp3) is 0.538. The van der Waals surface area contributed by atoms with E-state index in [0.717, 1.165) is 5.56 Å². The third-order valence-corrected chi connectivity index (χ3v) is 2.56. The lowest BCUT2D eigenvalue weighted by Crippen LogP contribution is -2.36. The second kappa shape index (κ2) is 6.35. The van der Waals surface area contributed by atoms with Crippen LogP contribution in [0.15, 0.2) is 24.5 Å². The second-order valence-electron chi connectivity index (χ2n) is 4.96. The largest absolute Gasteiger partial charge is 0.396 e. The van der Waals surface area contributed by atoms with Crippen LogP contribution in [-0.2, 0) is 11.2 Å². The summed E-state index contributed by atoms with van der Waals surface area (Å²) < 4.78 is 0. The quantitative estimate of drug-likeness (QED) is 0.779. The van der Waals surface area contributed by atoms with E-state index in [1.54, 1.807) is 12.4 Å². The number of amides is 1. The van der Waals surface area contributed by atoms with Gasteiger partial charge in [0, 0.05) is 37.4 Å². The zero-order valence-electron chi connectivity index (χ0n) is 10.4. The molecule has 0 spiro atoms. The van der Waals surface area contributed by atoms with Crippen LogP contribution in [0.3, 0.4) is 0 Å². The first kappa shape index (κ1) is 13.6. The fourth-order valence-electron chi connectivity index (χ4n) is 1.29. The summed E-state index contributed by atoms with van der Waals surface area (Å²) in [4.78, 5) is 15.6.